The summed E-state index contributed by atoms with van der Waals surface area (Å²) in [5.41, 5.74) is 2.50. The monoisotopic (exact) mass is 230 g/mol. The number of benzene rings is 2. The first-order valence-electron chi connectivity index (χ1n) is 5.32. The van der Waals surface area contributed by atoms with Crippen molar-refractivity contribution < 1.29 is 15.3 Å². The molecular formula is C14H14O3. The van der Waals surface area contributed by atoms with E-state index in [-0.39, 0.29) is 22.8 Å². The number of rotatable bonds is 1. The van der Waals surface area contributed by atoms with Gasteiger partial charge < -0.3 is 15.3 Å². The minimum absolute atomic E-state index is 0.0307. The van der Waals surface area contributed by atoms with Crippen LogP contribution in [-0.2, 0) is 0 Å². The van der Waals surface area contributed by atoms with Crippen molar-refractivity contribution in [1.29, 1.82) is 0 Å². The Hall–Kier alpha value is -2.16. The number of hydrogen-bond acceptors (Lipinski definition) is 3. The van der Waals surface area contributed by atoms with Gasteiger partial charge in [0.05, 0.1) is 0 Å². The van der Waals surface area contributed by atoms with Crippen LogP contribution in [0.25, 0.3) is 11.1 Å². The molecule has 0 bridgehead atoms. The first kappa shape index (κ1) is 11.3. The zero-order chi connectivity index (χ0) is 12.6. The molecule has 0 fully saturated rings. The number of aryl methyl sites for hydroxylation is 1. The lowest BCUT2D eigenvalue weighted by Gasteiger charge is -2.11. The van der Waals surface area contributed by atoms with Crippen molar-refractivity contribution in [3.05, 3.63) is 41.5 Å². The van der Waals surface area contributed by atoms with E-state index < -0.39 is 0 Å². The molecule has 0 aliphatic carbocycles. The van der Waals surface area contributed by atoms with Crippen molar-refractivity contribution in [3.63, 3.8) is 0 Å². The predicted molar refractivity (Wildman–Crippen MR) is 66.3 cm³/mol. The number of phenols is 3. The van der Waals surface area contributed by atoms with E-state index in [1.54, 1.807) is 6.92 Å². The van der Waals surface area contributed by atoms with Crippen LogP contribution in [0.4, 0.5) is 0 Å². The SMILES string of the molecule is Cc1cccc(-c2cc(O)c(C)c(O)c2O)c1. The molecule has 88 valence electrons. The van der Waals surface area contributed by atoms with Crippen LogP contribution in [0.15, 0.2) is 30.3 Å². The average molecular weight is 230 g/mol. The molecule has 0 amide bonds. The summed E-state index contributed by atoms with van der Waals surface area (Å²) in [6.07, 6.45) is 0. The highest BCUT2D eigenvalue weighted by Crippen LogP contribution is 2.43. The molecule has 0 heterocycles. The standard InChI is InChI=1S/C14H14O3/c1-8-4-3-5-10(6-8)11-7-12(15)9(2)13(16)14(11)17/h3-7,15-17H,1-2H3. The fourth-order valence-electron chi connectivity index (χ4n) is 1.77. The lowest BCUT2D eigenvalue weighted by atomic mass is 10.00. The van der Waals surface area contributed by atoms with Crippen LogP contribution < -0.4 is 0 Å². The topological polar surface area (TPSA) is 60.7 Å². The summed E-state index contributed by atoms with van der Waals surface area (Å²) < 4.78 is 0. The maximum absolute atomic E-state index is 9.89. The maximum Gasteiger partial charge on any atom is 0.165 e. The van der Waals surface area contributed by atoms with E-state index in [1.807, 2.05) is 31.2 Å². The summed E-state index contributed by atoms with van der Waals surface area (Å²) in [4.78, 5) is 0. The van der Waals surface area contributed by atoms with E-state index in [1.165, 1.54) is 6.07 Å². The van der Waals surface area contributed by atoms with Gasteiger partial charge in [0.1, 0.15) is 5.75 Å². The third-order valence-electron chi connectivity index (χ3n) is 2.83. The fourth-order valence-corrected chi connectivity index (χ4v) is 1.77. The zero-order valence-corrected chi connectivity index (χ0v) is 9.73. The second-order valence-electron chi connectivity index (χ2n) is 4.13. The number of hydrogen-bond donors (Lipinski definition) is 3. The second kappa shape index (κ2) is 4.01. The highest BCUT2D eigenvalue weighted by Gasteiger charge is 2.14. The normalized spacial score (nSPS) is 10.5. The molecule has 0 aliphatic rings. The van der Waals surface area contributed by atoms with Crippen LogP contribution in [-0.4, -0.2) is 15.3 Å². The van der Waals surface area contributed by atoms with Gasteiger partial charge in [0, 0.05) is 11.1 Å². The molecule has 0 saturated carbocycles. The third-order valence-corrected chi connectivity index (χ3v) is 2.83. The Bertz CT molecular complexity index is 574. The number of phenolic OH excluding ortho intramolecular Hbond substituents is 3. The quantitative estimate of drug-likeness (QED) is 0.521. The van der Waals surface area contributed by atoms with Gasteiger partial charge in [-0.1, -0.05) is 29.8 Å². The van der Waals surface area contributed by atoms with Crippen LogP contribution in [0, 0.1) is 13.8 Å². The van der Waals surface area contributed by atoms with Gasteiger partial charge in [-0.05, 0) is 25.5 Å². The zero-order valence-electron chi connectivity index (χ0n) is 9.73. The lowest BCUT2D eigenvalue weighted by Crippen LogP contribution is -1.85. The minimum Gasteiger partial charge on any atom is -0.508 e. The second-order valence-corrected chi connectivity index (χ2v) is 4.13. The van der Waals surface area contributed by atoms with Crippen molar-refractivity contribution >= 4 is 0 Å². The van der Waals surface area contributed by atoms with Crippen LogP contribution >= 0.6 is 0 Å². The molecule has 0 unspecified atom stereocenters. The summed E-state index contributed by atoms with van der Waals surface area (Å²) in [5, 5.41) is 29.2. The smallest absolute Gasteiger partial charge is 0.165 e. The Kier molecular flexibility index (Phi) is 2.68. The van der Waals surface area contributed by atoms with Crippen LogP contribution in [0.2, 0.25) is 0 Å². The van der Waals surface area contributed by atoms with E-state index in [4.69, 9.17) is 0 Å². The molecule has 0 aromatic heterocycles. The first-order valence-corrected chi connectivity index (χ1v) is 5.32. The number of aromatic hydroxyl groups is 3. The lowest BCUT2D eigenvalue weighted by molar-refractivity contribution is 0.394. The molecule has 0 spiro atoms. The molecule has 0 atom stereocenters. The fraction of sp³-hybridized carbons (Fsp3) is 0.143. The first-order chi connectivity index (χ1) is 8.00. The summed E-state index contributed by atoms with van der Waals surface area (Å²) in [6.45, 7) is 3.48. The molecule has 2 rings (SSSR count). The van der Waals surface area contributed by atoms with Crippen molar-refractivity contribution in [1.82, 2.24) is 0 Å². The summed E-state index contributed by atoms with van der Waals surface area (Å²) in [6, 6.07) is 8.95. The van der Waals surface area contributed by atoms with E-state index in [0.717, 1.165) is 11.1 Å². The van der Waals surface area contributed by atoms with Crippen LogP contribution in [0.5, 0.6) is 17.2 Å². The Morgan fingerprint density at radius 2 is 1.59 bits per heavy atom. The molecular weight excluding hydrogens is 216 g/mol. The summed E-state index contributed by atoms with van der Waals surface area (Å²) in [7, 11) is 0. The largest absolute Gasteiger partial charge is 0.508 e. The third kappa shape index (κ3) is 1.91. The maximum atomic E-state index is 9.89. The van der Waals surface area contributed by atoms with Crippen molar-refractivity contribution in [3.8, 4) is 28.4 Å². The van der Waals surface area contributed by atoms with Crippen molar-refractivity contribution in [2.45, 2.75) is 13.8 Å². The molecule has 3 heteroatoms. The van der Waals surface area contributed by atoms with Crippen LogP contribution in [0.1, 0.15) is 11.1 Å². The summed E-state index contributed by atoms with van der Waals surface area (Å²) >= 11 is 0. The molecule has 3 N–H and O–H groups in total. The highest BCUT2D eigenvalue weighted by atomic mass is 16.3. The van der Waals surface area contributed by atoms with E-state index in [2.05, 4.69) is 0 Å². The molecule has 17 heavy (non-hydrogen) atoms. The Labute approximate surface area is 99.6 Å². The molecule has 0 aliphatic heterocycles. The van der Waals surface area contributed by atoms with Gasteiger partial charge in [0.2, 0.25) is 0 Å². The van der Waals surface area contributed by atoms with Crippen molar-refractivity contribution in [2.24, 2.45) is 0 Å². The molecule has 3 nitrogen and oxygen atoms in total. The minimum atomic E-state index is -0.276. The van der Waals surface area contributed by atoms with E-state index in [0.29, 0.717) is 5.56 Å². The van der Waals surface area contributed by atoms with E-state index >= 15 is 0 Å². The molecule has 0 saturated heterocycles. The molecule has 2 aromatic carbocycles. The van der Waals surface area contributed by atoms with Gasteiger partial charge in [-0.25, -0.2) is 0 Å². The van der Waals surface area contributed by atoms with Gasteiger partial charge in [0.15, 0.2) is 11.5 Å². The predicted octanol–water partition coefficient (Wildman–Crippen LogP) is 3.09. The van der Waals surface area contributed by atoms with Gasteiger partial charge in [0.25, 0.3) is 0 Å². The van der Waals surface area contributed by atoms with E-state index in [9.17, 15) is 15.3 Å². The van der Waals surface area contributed by atoms with Gasteiger partial charge >= 0.3 is 0 Å². The van der Waals surface area contributed by atoms with Crippen molar-refractivity contribution in [2.75, 3.05) is 0 Å². The Morgan fingerprint density at radius 3 is 2.24 bits per heavy atom. The van der Waals surface area contributed by atoms with Gasteiger partial charge in [-0.2, -0.15) is 0 Å². The van der Waals surface area contributed by atoms with Crippen LogP contribution in [0.3, 0.4) is 0 Å². The highest BCUT2D eigenvalue weighted by molar-refractivity contribution is 5.76. The average Bonchev–Trinajstić information content (AvgIpc) is 2.31. The Morgan fingerprint density at radius 1 is 0.882 bits per heavy atom. The van der Waals surface area contributed by atoms with Gasteiger partial charge in [-0.15, -0.1) is 0 Å². The molecule has 2 aromatic rings. The molecule has 0 radical (unpaired) electrons. The summed E-state index contributed by atoms with van der Waals surface area (Å²) in [5.74, 6) is -0.510. The Balaban J connectivity index is 2.68. The van der Waals surface area contributed by atoms with Gasteiger partial charge in [-0.3, -0.25) is 0 Å².